The number of aromatic nitrogens is 1. The summed E-state index contributed by atoms with van der Waals surface area (Å²) in [7, 11) is 0. The smallest absolute Gasteiger partial charge is 0.0514 e. The van der Waals surface area contributed by atoms with Crippen molar-refractivity contribution in [3.8, 4) is 0 Å². The number of nitrogens with one attached hydrogen (secondary N) is 1. The number of aryl methyl sites for hydroxylation is 1. The van der Waals surface area contributed by atoms with Crippen LogP contribution < -0.4 is 11.3 Å². The van der Waals surface area contributed by atoms with Gasteiger partial charge in [-0.05, 0) is 31.9 Å². The molecule has 0 saturated heterocycles. The summed E-state index contributed by atoms with van der Waals surface area (Å²) >= 11 is 0. The number of pyridine rings is 1. The highest BCUT2D eigenvalue weighted by molar-refractivity contribution is 5.23. The Kier molecular flexibility index (Phi) is 3.80. The second-order valence-corrected chi connectivity index (χ2v) is 3.56. The molecular formula is C11H17N3. The van der Waals surface area contributed by atoms with Crippen LogP contribution in [0.4, 0.5) is 0 Å². The molecule has 1 aromatic heterocycles. The molecule has 0 aliphatic carbocycles. The van der Waals surface area contributed by atoms with E-state index < -0.39 is 0 Å². The Balaban J connectivity index is 2.89. The zero-order valence-electron chi connectivity index (χ0n) is 8.75. The van der Waals surface area contributed by atoms with Crippen molar-refractivity contribution in [1.82, 2.24) is 10.4 Å². The molecule has 0 aromatic carbocycles. The van der Waals surface area contributed by atoms with E-state index in [0.29, 0.717) is 0 Å². The van der Waals surface area contributed by atoms with Gasteiger partial charge in [0, 0.05) is 11.9 Å². The summed E-state index contributed by atoms with van der Waals surface area (Å²) in [6.45, 7) is 7.86. The molecule has 14 heavy (non-hydrogen) atoms. The summed E-state index contributed by atoms with van der Waals surface area (Å²) < 4.78 is 0. The van der Waals surface area contributed by atoms with E-state index in [4.69, 9.17) is 5.84 Å². The van der Waals surface area contributed by atoms with E-state index in [9.17, 15) is 0 Å². The molecule has 3 heteroatoms. The van der Waals surface area contributed by atoms with Crippen LogP contribution in [0.3, 0.4) is 0 Å². The Morgan fingerprint density at radius 1 is 1.71 bits per heavy atom. The largest absolute Gasteiger partial charge is 0.271 e. The lowest BCUT2D eigenvalue weighted by Gasteiger charge is -2.17. The van der Waals surface area contributed by atoms with E-state index in [1.807, 2.05) is 26.0 Å². The SMILES string of the molecule is C=C(C)CC(NN)c1cccnc1C. The minimum atomic E-state index is 0.112. The van der Waals surface area contributed by atoms with Crippen molar-refractivity contribution < 1.29 is 0 Å². The maximum Gasteiger partial charge on any atom is 0.0514 e. The summed E-state index contributed by atoms with van der Waals surface area (Å²) in [5.41, 5.74) is 6.05. The average Bonchev–Trinajstić information content (AvgIpc) is 2.15. The van der Waals surface area contributed by atoms with Crippen LogP contribution in [0.25, 0.3) is 0 Å². The van der Waals surface area contributed by atoms with E-state index in [2.05, 4.69) is 17.0 Å². The molecule has 0 amide bonds. The molecular weight excluding hydrogens is 174 g/mol. The Hall–Kier alpha value is -1.19. The van der Waals surface area contributed by atoms with Gasteiger partial charge >= 0.3 is 0 Å². The summed E-state index contributed by atoms with van der Waals surface area (Å²) in [6, 6.07) is 4.07. The zero-order chi connectivity index (χ0) is 10.6. The maximum absolute atomic E-state index is 5.50. The number of rotatable bonds is 4. The topological polar surface area (TPSA) is 50.9 Å². The zero-order valence-corrected chi connectivity index (χ0v) is 8.75. The van der Waals surface area contributed by atoms with Crippen LogP contribution in [0.15, 0.2) is 30.5 Å². The van der Waals surface area contributed by atoms with Crippen LogP contribution in [0, 0.1) is 6.92 Å². The van der Waals surface area contributed by atoms with Crippen LogP contribution in [-0.4, -0.2) is 4.98 Å². The fraction of sp³-hybridized carbons (Fsp3) is 0.364. The highest BCUT2D eigenvalue weighted by atomic mass is 15.2. The van der Waals surface area contributed by atoms with Crippen molar-refractivity contribution in [2.24, 2.45) is 5.84 Å². The van der Waals surface area contributed by atoms with Crippen LogP contribution in [-0.2, 0) is 0 Å². The van der Waals surface area contributed by atoms with Gasteiger partial charge in [0.1, 0.15) is 0 Å². The molecule has 76 valence electrons. The molecule has 0 bridgehead atoms. The molecule has 3 N–H and O–H groups in total. The molecule has 1 aromatic rings. The molecule has 0 aliphatic rings. The van der Waals surface area contributed by atoms with Gasteiger partial charge in [-0.2, -0.15) is 0 Å². The number of nitrogens with zero attached hydrogens (tertiary/aromatic N) is 1. The number of hydrogen-bond donors (Lipinski definition) is 2. The van der Waals surface area contributed by atoms with Gasteiger partial charge in [0.15, 0.2) is 0 Å². The van der Waals surface area contributed by atoms with Gasteiger partial charge in [-0.25, -0.2) is 0 Å². The molecule has 1 unspecified atom stereocenters. The summed E-state index contributed by atoms with van der Waals surface area (Å²) in [5.74, 6) is 5.50. The quantitative estimate of drug-likeness (QED) is 0.434. The Morgan fingerprint density at radius 2 is 2.43 bits per heavy atom. The van der Waals surface area contributed by atoms with E-state index in [0.717, 1.165) is 23.3 Å². The number of hydrogen-bond acceptors (Lipinski definition) is 3. The third kappa shape index (κ3) is 2.65. The highest BCUT2D eigenvalue weighted by Crippen LogP contribution is 2.20. The van der Waals surface area contributed by atoms with Gasteiger partial charge in [-0.1, -0.05) is 11.6 Å². The second kappa shape index (κ2) is 4.88. The normalized spacial score (nSPS) is 12.5. The van der Waals surface area contributed by atoms with E-state index in [-0.39, 0.29) is 6.04 Å². The van der Waals surface area contributed by atoms with E-state index in [1.165, 1.54) is 0 Å². The molecule has 0 aliphatic heterocycles. The van der Waals surface area contributed by atoms with Crippen LogP contribution in [0.1, 0.15) is 30.6 Å². The summed E-state index contributed by atoms with van der Waals surface area (Å²) in [5, 5.41) is 0. The van der Waals surface area contributed by atoms with Gasteiger partial charge in [-0.3, -0.25) is 16.3 Å². The van der Waals surface area contributed by atoms with Gasteiger partial charge in [0.2, 0.25) is 0 Å². The maximum atomic E-state index is 5.50. The number of nitrogens with two attached hydrogens (primary N) is 1. The van der Waals surface area contributed by atoms with Crippen molar-refractivity contribution in [3.05, 3.63) is 41.7 Å². The van der Waals surface area contributed by atoms with E-state index in [1.54, 1.807) is 6.20 Å². The first-order chi connectivity index (χ1) is 6.65. The predicted octanol–water partition coefficient (Wildman–Crippen LogP) is 1.86. The van der Waals surface area contributed by atoms with Gasteiger partial charge in [0.05, 0.1) is 6.04 Å². The highest BCUT2D eigenvalue weighted by Gasteiger charge is 2.11. The summed E-state index contributed by atoms with van der Waals surface area (Å²) in [6.07, 6.45) is 2.62. The second-order valence-electron chi connectivity index (χ2n) is 3.56. The van der Waals surface area contributed by atoms with Crippen molar-refractivity contribution in [1.29, 1.82) is 0 Å². The molecule has 1 atom stereocenters. The molecule has 0 spiro atoms. The van der Waals surface area contributed by atoms with Crippen molar-refractivity contribution in [3.63, 3.8) is 0 Å². The molecule has 0 radical (unpaired) electrons. The van der Waals surface area contributed by atoms with Gasteiger partial charge < -0.3 is 0 Å². The van der Waals surface area contributed by atoms with Gasteiger partial charge in [-0.15, -0.1) is 6.58 Å². The molecule has 1 heterocycles. The Labute approximate surface area is 85.0 Å². The van der Waals surface area contributed by atoms with Gasteiger partial charge in [0.25, 0.3) is 0 Å². The van der Waals surface area contributed by atoms with Crippen LogP contribution >= 0.6 is 0 Å². The van der Waals surface area contributed by atoms with E-state index >= 15 is 0 Å². The minimum absolute atomic E-state index is 0.112. The lowest BCUT2D eigenvalue weighted by molar-refractivity contribution is 0.545. The lowest BCUT2D eigenvalue weighted by atomic mass is 10.00. The Bertz CT molecular complexity index is 320. The number of hydrazine groups is 1. The fourth-order valence-electron chi connectivity index (χ4n) is 1.47. The predicted molar refractivity (Wildman–Crippen MR) is 58.5 cm³/mol. The van der Waals surface area contributed by atoms with Crippen molar-refractivity contribution in [2.45, 2.75) is 26.3 Å². The molecule has 0 fully saturated rings. The lowest BCUT2D eigenvalue weighted by Crippen LogP contribution is -2.28. The Morgan fingerprint density at radius 3 is 2.93 bits per heavy atom. The fourth-order valence-corrected chi connectivity index (χ4v) is 1.47. The standard InChI is InChI=1S/C11H17N3/c1-8(2)7-11(14-12)10-5-4-6-13-9(10)3/h4-6,11,14H,1,7,12H2,2-3H3. The average molecular weight is 191 g/mol. The summed E-state index contributed by atoms with van der Waals surface area (Å²) in [4.78, 5) is 4.23. The minimum Gasteiger partial charge on any atom is -0.271 e. The van der Waals surface area contributed by atoms with Crippen molar-refractivity contribution in [2.75, 3.05) is 0 Å². The molecule has 3 nitrogen and oxygen atoms in total. The third-order valence-electron chi connectivity index (χ3n) is 2.18. The monoisotopic (exact) mass is 191 g/mol. The van der Waals surface area contributed by atoms with Crippen LogP contribution in [0.2, 0.25) is 0 Å². The molecule has 1 rings (SSSR count). The molecule has 0 saturated carbocycles. The third-order valence-corrected chi connectivity index (χ3v) is 2.18. The first-order valence-corrected chi connectivity index (χ1v) is 4.67. The van der Waals surface area contributed by atoms with Crippen molar-refractivity contribution >= 4 is 0 Å². The first-order valence-electron chi connectivity index (χ1n) is 4.67. The first kappa shape index (κ1) is 10.9. The van der Waals surface area contributed by atoms with Crippen LogP contribution in [0.5, 0.6) is 0 Å².